The molecule has 2 heterocycles. The number of amides is 1. The minimum absolute atomic E-state index is 0.0170. The van der Waals surface area contributed by atoms with E-state index in [2.05, 4.69) is 30.3 Å². The number of hydrogen-bond donors (Lipinski definition) is 3. The van der Waals surface area contributed by atoms with Crippen LogP contribution in [-0.4, -0.2) is 46.1 Å². The third-order valence-corrected chi connectivity index (χ3v) is 5.66. The van der Waals surface area contributed by atoms with Crippen molar-refractivity contribution in [3.05, 3.63) is 53.4 Å². The Labute approximate surface area is 215 Å². The molecule has 3 rings (SSSR count). The Hall–Kier alpha value is -3.53. The summed E-state index contributed by atoms with van der Waals surface area (Å²) >= 11 is 0.881. The predicted molar refractivity (Wildman–Crippen MR) is 125 cm³/mol. The lowest BCUT2D eigenvalue weighted by Crippen LogP contribution is -2.23. The molecule has 0 atom stereocenters. The van der Waals surface area contributed by atoms with Crippen LogP contribution in [0.5, 0.6) is 5.75 Å². The molecule has 16 heteroatoms. The zero-order valence-electron chi connectivity index (χ0n) is 19.6. The van der Waals surface area contributed by atoms with Crippen molar-refractivity contribution in [3.8, 4) is 5.75 Å². The van der Waals surface area contributed by atoms with E-state index < -0.39 is 36.2 Å². The van der Waals surface area contributed by atoms with Gasteiger partial charge in [-0.2, -0.15) is 30.7 Å². The molecule has 0 saturated heterocycles. The predicted octanol–water partition coefficient (Wildman–Crippen LogP) is 5.71. The number of carbonyl (C=O) groups excluding carboxylic acids is 1. The molecule has 0 aliphatic carbocycles. The maximum atomic E-state index is 14.1. The fraction of sp³-hybridized carbons (Fsp3) is 0.364. The Balaban J connectivity index is 1.59. The maximum Gasteiger partial charge on any atom is 0.434 e. The van der Waals surface area contributed by atoms with Crippen LogP contribution in [0.25, 0.3) is 0 Å². The van der Waals surface area contributed by atoms with Gasteiger partial charge in [-0.1, -0.05) is 0 Å². The zero-order valence-corrected chi connectivity index (χ0v) is 20.5. The standard InChI is InChI=1S/C22H21F7N6O2S/c1-12-18(20(38-35-12)34-17-11-31-16(10-32-17)22(27,28)29)19(36)33-13-3-4-14(23)15(9-13)37-8-2-6-30-7-5-21(24,25)26/h3-4,9-11,30H,2,5-8H2,1H3,(H,32,34)(H,33,36). The first-order chi connectivity index (χ1) is 17.8. The van der Waals surface area contributed by atoms with Gasteiger partial charge in [0.15, 0.2) is 17.3 Å². The average Bonchev–Trinajstić information content (AvgIpc) is 3.19. The van der Waals surface area contributed by atoms with Gasteiger partial charge in [0.25, 0.3) is 5.91 Å². The lowest BCUT2D eigenvalue weighted by Gasteiger charge is -2.12. The van der Waals surface area contributed by atoms with E-state index in [0.29, 0.717) is 18.3 Å². The minimum atomic E-state index is -4.65. The van der Waals surface area contributed by atoms with Gasteiger partial charge in [0.05, 0.1) is 36.7 Å². The number of ether oxygens (including phenoxy) is 1. The second kappa shape index (κ2) is 12.3. The monoisotopic (exact) mass is 566 g/mol. The highest BCUT2D eigenvalue weighted by Crippen LogP contribution is 2.31. The van der Waals surface area contributed by atoms with E-state index in [0.717, 1.165) is 23.8 Å². The lowest BCUT2D eigenvalue weighted by atomic mass is 10.2. The van der Waals surface area contributed by atoms with Gasteiger partial charge in [-0.3, -0.25) is 4.79 Å². The third-order valence-electron chi connectivity index (χ3n) is 4.80. The van der Waals surface area contributed by atoms with Crippen molar-refractivity contribution < 1.29 is 40.3 Å². The van der Waals surface area contributed by atoms with Crippen LogP contribution in [0.4, 0.5) is 47.2 Å². The number of carbonyl (C=O) groups is 1. The van der Waals surface area contributed by atoms with Gasteiger partial charge < -0.3 is 20.7 Å². The van der Waals surface area contributed by atoms with Crippen LogP contribution in [0.1, 0.15) is 34.6 Å². The molecule has 0 aliphatic rings. The molecule has 2 aromatic heterocycles. The van der Waals surface area contributed by atoms with Crippen molar-refractivity contribution in [1.82, 2.24) is 19.7 Å². The van der Waals surface area contributed by atoms with Crippen molar-refractivity contribution in [3.63, 3.8) is 0 Å². The van der Waals surface area contributed by atoms with Crippen LogP contribution in [0.2, 0.25) is 0 Å². The third kappa shape index (κ3) is 8.51. The highest BCUT2D eigenvalue weighted by molar-refractivity contribution is 7.10. The summed E-state index contributed by atoms with van der Waals surface area (Å²) < 4.78 is 98.0. The van der Waals surface area contributed by atoms with E-state index in [9.17, 15) is 35.5 Å². The van der Waals surface area contributed by atoms with E-state index >= 15 is 0 Å². The summed E-state index contributed by atoms with van der Waals surface area (Å²) in [6.07, 6.45) is -8.12. The Morgan fingerprint density at radius 2 is 1.84 bits per heavy atom. The first-order valence-electron chi connectivity index (χ1n) is 11.0. The molecule has 0 bridgehead atoms. The number of aromatic nitrogens is 3. The summed E-state index contributed by atoms with van der Waals surface area (Å²) in [7, 11) is 0. The number of hydrogen-bond acceptors (Lipinski definition) is 8. The Morgan fingerprint density at radius 3 is 2.50 bits per heavy atom. The summed E-state index contributed by atoms with van der Waals surface area (Å²) in [4.78, 5) is 19.9. The van der Waals surface area contributed by atoms with Gasteiger partial charge in [-0.25, -0.2) is 14.4 Å². The second-order valence-corrected chi connectivity index (χ2v) is 8.57. The van der Waals surface area contributed by atoms with Crippen molar-refractivity contribution in [2.75, 3.05) is 30.3 Å². The van der Waals surface area contributed by atoms with E-state index in [1.165, 1.54) is 12.1 Å². The highest BCUT2D eigenvalue weighted by Gasteiger charge is 2.33. The van der Waals surface area contributed by atoms with E-state index in [1.54, 1.807) is 6.92 Å². The van der Waals surface area contributed by atoms with Gasteiger partial charge in [0.2, 0.25) is 0 Å². The van der Waals surface area contributed by atoms with E-state index in [-0.39, 0.29) is 47.5 Å². The molecule has 0 fully saturated rings. The van der Waals surface area contributed by atoms with Gasteiger partial charge >= 0.3 is 12.4 Å². The maximum absolute atomic E-state index is 14.1. The van der Waals surface area contributed by atoms with Crippen molar-refractivity contribution in [2.45, 2.75) is 32.1 Å². The molecule has 0 radical (unpaired) electrons. The molecular weight excluding hydrogens is 545 g/mol. The number of anilines is 3. The number of nitrogens with one attached hydrogen (secondary N) is 3. The van der Waals surface area contributed by atoms with Gasteiger partial charge in [0, 0.05) is 18.3 Å². The fourth-order valence-electron chi connectivity index (χ4n) is 3.00. The van der Waals surface area contributed by atoms with Crippen molar-refractivity contribution in [1.29, 1.82) is 0 Å². The zero-order chi connectivity index (χ0) is 27.9. The van der Waals surface area contributed by atoms with Gasteiger partial charge in [-0.05, 0) is 43.6 Å². The number of rotatable bonds is 11. The minimum Gasteiger partial charge on any atom is -0.490 e. The summed E-state index contributed by atoms with van der Waals surface area (Å²) in [5.41, 5.74) is -0.575. The fourth-order valence-corrected chi connectivity index (χ4v) is 3.80. The normalized spacial score (nSPS) is 11.9. The SMILES string of the molecule is Cc1nsc(Nc2cnc(C(F)(F)F)cn2)c1C(=O)Nc1ccc(F)c(OCCCNCCC(F)(F)F)c1. The quantitative estimate of drug-likeness (QED) is 0.202. The van der Waals surface area contributed by atoms with E-state index in [4.69, 9.17) is 4.74 Å². The summed E-state index contributed by atoms with van der Waals surface area (Å²) in [5, 5.41) is 8.11. The summed E-state index contributed by atoms with van der Waals surface area (Å²) in [5.74, 6) is -1.55. The molecule has 38 heavy (non-hydrogen) atoms. The van der Waals surface area contributed by atoms with Crippen LogP contribution in [0.3, 0.4) is 0 Å². The average molecular weight is 567 g/mol. The molecule has 0 spiro atoms. The molecule has 1 aromatic carbocycles. The molecule has 3 aromatic rings. The van der Waals surface area contributed by atoms with Crippen LogP contribution in [0, 0.1) is 12.7 Å². The summed E-state index contributed by atoms with van der Waals surface area (Å²) in [6, 6.07) is 3.61. The van der Waals surface area contributed by atoms with Crippen LogP contribution >= 0.6 is 11.5 Å². The highest BCUT2D eigenvalue weighted by atomic mass is 32.1. The topological polar surface area (TPSA) is 101 Å². The van der Waals surface area contributed by atoms with Crippen LogP contribution < -0.4 is 20.7 Å². The molecular formula is C22H21F7N6O2S. The molecule has 0 unspecified atom stereocenters. The molecule has 8 nitrogen and oxygen atoms in total. The molecule has 0 saturated carbocycles. The van der Waals surface area contributed by atoms with Crippen molar-refractivity contribution >= 4 is 33.9 Å². The molecule has 1 amide bonds. The van der Waals surface area contributed by atoms with E-state index in [1.807, 2.05) is 0 Å². The Morgan fingerprint density at radius 1 is 1.08 bits per heavy atom. The number of halogens is 7. The van der Waals surface area contributed by atoms with Crippen LogP contribution in [-0.2, 0) is 6.18 Å². The Bertz CT molecular complexity index is 1230. The summed E-state index contributed by atoms with van der Waals surface area (Å²) in [6.45, 7) is 1.57. The van der Waals surface area contributed by atoms with Gasteiger partial charge in [0.1, 0.15) is 10.8 Å². The smallest absolute Gasteiger partial charge is 0.434 e. The van der Waals surface area contributed by atoms with Crippen LogP contribution in [0.15, 0.2) is 30.6 Å². The number of benzene rings is 1. The molecule has 0 aliphatic heterocycles. The van der Waals surface area contributed by atoms with Gasteiger partial charge in [-0.15, -0.1) is 0 Å². The largest absolute Gasteiger partial charge is 0.490 e. The first kappa shape index (κ1) is 29.0. The Kier molecular flexibility index (Phi) is 9.43. The lowest BCUT2D eigenvalue weighted by molar-refractivity contribution is -0.141. The number of nitrogens with zero attached hydrogens (tertiary/aromatic N) is 3. The molecule has 206 valence electrons. The second-order valence-electron chi connectivity index (χ2n) is 7.80. The molecule has 3 N–H and O–H groups in total. The first-order valence-corrected chi connectivity index (χ1v) is 11.7. The number of aryl methyl sites for hydroxylation is 1. The number of alkyl halides is 6. The van der Waals surface area contributed by atoms with Crippen molar-refractivity contribution in [2.24, 2.45) is 0 Å².